The van der Waals surface area contributed by atoms with E-state index in [2.05, 4.69) is 32.8 Å². The second kappa shape index (κ2) is 9.51. The Balaban J connectivity index is 3.54. The Kier molecular flexibility index (Phi) is 9.49. The summed E-state index contributed by atoms with van der Waals surface area (Å²) < 4.78 is 0. The molecule has 0 spiro atoms. The van der Waals surface area contributed by atoms with Crippen molar-refractivity contribution in [3.05, 3.63) is 0 Å². The van der Waals surface area contributed by atoms with Gasteiger partial charge in [-0.05, 0) is 33.0 Å². The van der Waals surface area contributed by atoms with Crippen LogP contribution in [0.3, 0.4) is 0 Å². The maximum Gasteiger partial charge on any atom is -0.00222 e. The van der Waals surface area contributed by atoms with Crippen molar-refractivity contribution in [3.63, 3.8) is 0 Å². The molecule has 0 aliphatic carbocycles. The average molecular weight is 199 g/mol. The summed E-state index contributed by atoms with van der Waals surface area (Å²) in [6.45, 7) is 5.86. The van der Waals surface area contributed by atoms with Crippen LogP contribution in [0.2, 0.25) is 0 Å². The van der Waals surface area contributed by atoms with Gasteiger partial charge in [-0.25, -0.2) is 0 Å². The highest BCUT2D eigenvalue weighted by molar-refractivity contribution is 4.61. The van der Waals surface area contributed by atoms with E-state index in [9.17, 15) is 0 Å². The standard InChI is InChI=1S/C13H29N/c1-5-7-8-10-13(9-6-2)11-12-14(3)4/h13H,5-12H2,1-4H3. The molecule has 0 bridgehead atoms. The number of nitrogens with zero attached hydrogens (tertiary/aromatic N) is 1. The lowest BCUT2D eigenvalue weighted by Gasteiger charge is -2.18. The van der Waals surface area contributed by atoms with Crippen molar-refractivity contribution in [2.24, 2.45) is 5.92 Å². The van der Waals surface area contributed by atoms with Gasteiger partial charge >= 0.3 is 0 Å². The molecule has 1 nitrogen and oxygen atoms in total. The molecule has 0 aromatic carbocycles. The van der Waals surface area contributed by atoms with Crippen molar-refractivity contribution in [1.82, 2.24) is 4.90 Å². The minimum absolute atomic E-state index is 0.981. The lowest BCUT2D eigenvalue weighted by atomic mass is 9.93. The third-order valence-corrected chi connectivity index (χ3v) is 2.90. The van der Waals surface area contributed by atoms with Crippen molar-refractivity contribution in [2.45, 2.75) is 58.8 Å². The first kappa shape index (κ1) is 14.0. The molecule has 0 radical (unpaired) electrons. The summed E-state index contributed by atoms with van der Waals surface area (Å²) in [7, 11) is 4.35. The Morgan fingerprint density at radius 1 is 0.857 bits per heavy atom. The number of unbranched alkanes of at least 4 members (excludes halogenated alkanes) is 2. The molecule has 1 unspecified atom stereocenters. The van der Waals surface area contributed by atoms with Gasteiger partial charge in [0.15, 0.2) is 0 Å². The number of rotatable bonds is 9. The van der Waals surface area contributed by atoms with Gasteiger partial charge in [0.2, 0.25) is 0 Å². The highest BCUT2D eigenvalue weighted by Crippen LogP contribution is 2.19. The molecule has 1 atom stereocenters. The van der Waals surface area contributed by atoms with Gasteiger partial charge in [-0.2, -0.15) is 0 Å². The molecule has 0 aliphatic rings. The molecule has 0 saturated heterocycles. The van der Waals surface area contributed by atoms with Gasteiger partial charge in [0.05, 0.1) is 0 Å². The van der Waals surface area contributed by atoms with E-state index in [1.54, 1.807) is 0 Å². The Bertz CT molecular complexity index is 110. The lowest BCUT2D eigenvalue weighted by molar-refractivity contribution is 0.320. The Hall–Kier alpha value is -0.0400. The van der Waals surface area contributed by atoms with E-state index in [0.717, 1.165) is 5.92 Å². The van der Waals surface area contributed by atoms with Gasteiger partial charge in [0.1, 0.15) is 0 Å². The first-order chi connectivity index (χ1) is 6.70. The van der Waals surface area contributed by atoms with Crippen molar-refractivity contribution in [2.75, 3.05) is 20.6 Å². The molecule has 0 N–H and O–H groups in total. The van der Waals surface area contributed by atoms with Gasteiger partial charge in [-0.15, -0.1) is 0 Å². The smallest absolute Gasteiger partial charge is 0.00222 e. The predicted molar refractivity (Wildman–Crippen MR) is 65.7 cm³/mol. The van der Waals surface area contributed by atoms with E-state index >= 15 is 0 Å². The van der Waals surface area contributed by atoms with E-state index in [4.69, 9.17) is 0 Å². The first-order valence-electron chi connectivity index (χ1n) is 6.35. The van der Waals surface area contributed by atoms with Crippen LogP contribution in [-0.2, 0) is 0 Å². The van der Waals surface area contributed by atoms with E-state index < -0.39 is 0 Å². The van der Waals surface area contributed by atoms with Crippen LogP contribution >= 0.6 is 0 Å². The van der Waals surface area contributed by atoms with Gasteiger partial charge in [0.25, 0.3) is 0 Å². The summed E-state index contributed by atoms with van der Waals surface area (Å²) in [5.41, 5.74) is 0. The molecule has 1 heteroatoms. The van der Waals surface area contributed by atoms with Crippen LogP contribution < -0.4 is 0 Å². The fourth-order valence-corrected chi connectivity index (χ4v) is 1.97. The molecule has 86 valence electrons. The third kappa shape index (κ3) is 8.55. The Labute approximate surface area is 90.9 Å². The summed E-state index contributed by atoms with van der Waals surface area (Å²) in [6.07, 6.45) is 9.84. The van der Waals surface area contributed by atoms with E-state index in [-0.39, 0.29) is 0 Å². The SMILES string of the molecule is CCCCCC(CCC)CCN(C)C. The minimum Gasteiger partial charge on any atom is -0.309 e. The van der Waals surface area contributed by atoms with Crippen LogP contribution in [0.5, 0.6) is 0 Å². The van der Waals surface area contributed by atoms with Crippen LogP contribution in [0, 0.1) is 5.92 Å². The molecular formula is C13H29N. The number of hydrogen-bond acceptors (Lipinski definition) is 1. The lowest BCUT2D eigenvalue weighted by Crippen LogP contribution is -2.16. The van der Waals surface area contributed by atoms with E-state index in [1.165, 1.54) is 51.5 Å². The quantitative estimate of drug-likeness (QED) is 0.508. The Morgan fingerprint density at radius 3 is 2.07 bits per heavy atom. The molecule has 0 aromatic rings. The van der Waals surface area contributed by atoms with Crippen LogP contribution in [0.1, 0.15) is 58.8 Å². The molecule has 0 aromatic heterocycles. The zero-order valence-electron chi connectivity index (χ0n) is 10.7. The van der Waals surface area contributed by atoms with Crippen molar-refractivity contribution in [1.29, 1.82) is 0 Å². The minimum atomic E-state index is 0.981. The summed E-state index contributed by atoms with van der Waals surface area (Å²) in [5, 5.41) is 0. The van der Waals surface area contributed by atoms with Crippen LogP contribution in [0.25, 0.3) is 0 Å². The third-order valence-electron chi connectivity index (χ3n) is 2.90. The Morgan fingerprint density at radius 2 is 1.57 bits per heavy atom. The maximum absolute atomic E-state index is 2.31. The van der Waals surface area contributed by atoms with Gasteiger partial charge in [-0.1, -0.05) is 52.4 Å². The zero-order chi connectivity index (χ0) is 10.8. The van der Waals surface area contributed by atoms with Crippen molar-refractivity contribution < 1.29 is 0 Å². The molecule has 0 rings (SSSR count). The predicted octanol–water partition coefficient (Wildman–Crippen LogP) is 3.93. The van der Waals surface area contributed by atoms with Crippen LogP contribution in [0.15, 0.2) is 0 Å². The van der Waals surface area contributed by atoms with Crippen molar-refractivity contribution >= 4 is 0 Å². The molecule has 0 amide bonds. The molecule has 0 fully saturated rings. The van der Waals surface area contributed by atoms with Gasteiger partial charge in [-0.3, -0.25) is 0 Å². The zero-order valence-corrected chi connectivity index (χ0v) is 10.7. The molecule has 0 saturated carbocycles. The van der Waals surface area contributed by atoms with Crippen molar-refractivity contribution in [3.8, 4) is 0 Å². The van der Waals surface area contributed by atoms with E-state index in [1.807, 2.05) is 0 Å². The molecular weight excluding hydrogens is 170 g/mol. The second-order valence-corrected chi connectivity index (χ2v) is 4.74. The normalized spacial score (nSPS) is 13.5. The number of hydrogen-bond donors (Lipinski definition) is 0. The topological polar surface area (TPSA) is 3.24 Å². The van der Waals surface area contributed by atoms with Gasteiger partial charge in [0, 0.05) is 0 Å². The van der Waals surface area contributed by atoms with Crippen LogP contribution in [-0.4, -0.2) is 25.5 Å². The van der Waals surface area contributed by atoms with E-state index in [0.29, 0.717) is 0 Å². The second-order valence-electron chi connectivity index (χ2n) is 4.74. The molecule has 14 heavy (non-hydrogen) atoms. The highest BCUT2D eigenvalue weighted by atomic mass is 15.0. The van der Waals surface area contributed by atoms with Gasteiger partial charge < -0.3 is 4.90 Å². The molecule has 0 heterocycles. The molecule has 0 aliphatic heterocycles. The highest BCUT2D eigenvalue weighted by Gasteiger charge is 2.07. The monoisotopic (exact) mass is 199 g/mol. The summed E-state index contributed by atoms with van der Waals surface area (Å²) in [5.74, 6) is 0.981. The summed E-state index contributed by atoms with van der Waals surface area (Å²) >= 11 is 0. The first-order valence-corrected chi connectivity index (χ1v) is 6.35. The largest absolute Gasteiger partial charge is 0.309 e. The summed E-state index contributed by atoms with van der Waals surface area (Å²) in [4.78, 5) is 2.31. The fourth-order valence-electron chi connectivity index (χ4n) is 1.97. The van der Waals surface area contributed by atoms with Crippen LogP contribution in [0.4, 0.5) is 0 Å². The summed E-state index contributed by atoms with van der Waals surface area (Å²) in [6, 6.07) is 0. The fraction of sp³-hybridized carbons (Fsp3) is 1.00. The average Bonchev–Trinajstić information content (AvgIpc) is 2.14. The maximum atomic E-state index is 2.31.